The second-order valence-corrected chi connectivity index (χ2v) is 6.30. The summed E-state index contributed by atoms with van der Waals surface area (Å²) < 4.78 is 26.5. The van der Waals surface area contributed by atoms with Crippen LogP contribution in [0.5, 0.6) is 0 Å². The third-order valence-corrected chi connectivity index (χ3v) is 4.59. The molecule has 1 aliphatic heterocycles. The Morgan fingerprint density at radius 3 is 2.87 bits per heavy atom. The number of amides is 2. The summed E-state index contributed by atoms with van der Waals surface area (Å²) in [4.78, 5) is 26.9. The molecule has 7 heteroatoms. The lowest BCUT2D eigenvalue weighted by atomic mass is 10.2. The van der Waals surface area contributed by atoms with Gasteiger partial charge in [-0.15, -0.1) is 11.3 Å². The molecule has 1 fully saturated rings. The fourth-order valence-electron chi connectivity index (χ4n) is 2.58. The van der Waals surface area contributed by atoms with Crippen LogP contribution < -0.4 is 5.32 Å². The van der Waals surface area contributed by atoms with E-state index in [2.05, 4.69) is 5.32 Å². The average Bonchev–Trinajstić information content (AvgIpc) is 3.13. The second-order valence-electron chi connectivity index (χ2n) is 5.27. The van der Waals surface area contributed by atoms with Crippen molar-refractivity contribution >= 4 is 28.8 Å². The van der Waals surface area contributed by atoms with E-state index in [0.717, 1.165) is 10.9 Å². The first kappa shape index (κ1) is 15.6. The van der Waals surface area contributed by atoms with Gasteiger partial charge >= 0.3 is 0 Å². The summed E-state index contributed by atoms with van der Waals surface area (Å²) in [6, 6.07) is 6.08. The standard InChI is InChI=1S/C16H14F2N2O2S/c17-10-3-4-13(12(18)8-10)19-16(22)14-5-6-15(21)20(14)9-11-2-1-7-23-11/h1-4,7-8,14H,5-6,9H2,(H,19,22). The Balaban J connectivity index is 1.73. The number of nitrogens with one attached hydrogen (secondary N) is 1. The van der Waals surface area contributed by atoms with E-state index in [1.165, 1.54) is 22.3 Å². The summed E-state index contributed by atoms with van der Waals surface area (Å²) in [5, 5.41) is 4.34. The van der Waals surface area contributed by atoms with Crippen LogP contribution in [0.1, 0.15) is 17.7 Å². The highest BCUT2D eigenvalue weighted by atomic mass is 32.1. The molecule has 0 saturated carbocycles. The topological polar surface area (TPSA) is 49.4 Å². The molecular formula is C16H14F2N2O2S. The number of likely N-dealkylation sites (tertiary alicyclic amines) is 1. The maximum Gasteiger partial charge on any atom is 0.247 e. The second kappa shape index (κ2) is 6.45. The number of thiophene rings is 1. The van der Waals surface area contributed by atoms with Gasteiger partial charge in [-0.05, 0) is 30.0 Å². The van der Waals surface area contributed by atoms with E-state index in [4.69, 9.17) is 0 Å². The highest BCUT2D eigenvalue weighted by Gasteiger charge is 2.36. The lowest BCUT2D eigenvalue weighted by Crippen LogP contribution is -2.41. The smallest absolute Gasteiger partial charge is 0.247 e. The van der Waals surface area contributed by atoms with Gasteiger partial charge in [0, 0.05) is 17.4 Å². The van der Waals surface area contributed by atoms with Crippen LogP contribution in [0.25, 0.3) is 0 Å². The zero-order valence-corrected chi connectivity index (χ0v) is 12.9. The van der Waals surface area contributed by atoms with Crippen LogP contribution in [0.2, 0.25) is 0 Å². The largest absolute Gasteiger partial charge is 0.326 e. The Bertz CT molecular complexity index is 734. The molecule has 2 aromatic rings. The average molecular weight is 336 g/mol. The number of nitrogens with zero attached hydrogens (tertiary/aromatic N) is 1. The van der Waals surface area contributed by atoms with Crippen molar-refractivity contribution in [2.45, 2.75) is 25.4 Å². The van der Waals surface area contributed by atoms with Crippen molar-refractivity contribution in [3.05, 3.63) is 52.2 Å². The SMILES string of the molecule is O=C(Nc1ccc(F)cc1F)C1CCC(=O)N1Cc1cccs1. The van der Waals surface area contributed by atoms with Gasteiger partial charge in [0.1, 0.15) is 17.7 Å². The number of carbonyl (C=O) groups excluding carboxylic acids is 2. The fraction of sp³-hybridized carbons (Fsp3) is 0.250. The van der Waals surface area contributed by atoms with E-state index in [1.54, 1.807) is 0 Å². The molecule has 120 valence electrons. The first-order chi connectivity index (χ1) is 11.0. The lowest BCUT2D eigenvalue weighted by molar-refractivity contribution is -0.133. The molecule has 1 atom stereocenters. The number of benzene rings is 1. The number of hydrogen-bond acceptors (Lipinski definition) is 3. The molecule has 1 saturated heterocycles. The normalized spacial score (nSPS) is 17.6. The van der Waals surface area contributed by atoms with Crippen molar-refractivity contribution in [1.29, 1.82) is 0 Å². The van der Waals surface area contributed by atoms with Gasteiger partial charge in [0.05, 0.1) is 12.2 Å². The number of anilines is 1. The van der Waals surface area contributed by atoms with E-state index < -0.39 is 23.6 Å². The van der Waals surface area contributed by atoms with Gasteiger partial charge in [-0.1, -0.05) is 6.07 Å². The molecule has 1 aliphatic rings. The third kappa shape index (κ3) is 3.39. The van der Waals surface area contributed by atoms with Crippen LogP contribution in [0, 0.1) is 11.6 Å². The Morgan fingerprint density at radius 2 is 2.17 bits per heavy atom. The summed E-state index contributed by atoms with van der Waals surface area (Å²) in [6.45, 7) is 0.362. The monoisotopic (exact) mass is 336 g/mol. The van der Waals surface area contributed by atoms with Crippen LogP contribution in [0.4, 0.5) is 14.5 Å². The number of hydrogen-bond donors (Lipinski definition) is 1. The van der Waals surface area contributed by atoms with Crippen molar-refractivity contribution in [3.8, 4) is 0 Å². The summed E-state index contributed by atoms with van der Waals surface area (Å²) in [6.07, 6.45) is 0.675. The molecular weight excluding hydrogens is 322 g/mol. The zero-order valence-electron chi connectivity index (χ0n) is 12.1. The Kier molecular flexibility index (Phi) is 4.38. The van der Waals surface area contributed by atoms with Crippen LogP contribution >= 0.6 is 11.3 Å². The summed E-state index contributed by atoms with van der Waals surface area (Å²) in [5.41, 5.74) is -0.0909. The molecule has 1 N–H and O–H groups in total. The van der Waals surface area contributed by atoms with E-state index in [0.29, 0.717) is 19.0 Å². The molecule has 1 aromatic heterocycles. The Morgan fingerprint density at radius 1 is 1.35 bits per heavy atom. The van der Waals surface area contributed by atoms with Gasteiger partial charge < -0.3 is 10.2 Å². The predicted octanol–water partition coefficient (Wildman–Crippen LogP) is 3.16. The number of carbonyl (C=O) groups is 2. The predicted molar refractivity (Wildman–Crippen MR) is 82.9 cm³/mol. The Labute approximate surface area is 135 Å². The molecule has 1 unspecified atom stereocenters. The van der Waals surface area contributed by atoms with Crippen molar-refractivity contribution in [1.82, 2.24) is 4.90 Å². The lowest BCUT2D eigenvalue weighted by Gasteiger charge is -2.23. The maximum atomic E-state index is 13.6. The van der Waals surface area contributed by atoms with Crippen LogP contribution in [-0.4, -0.2) is 22.8 Å². The molecule has 0 aliphatic carbocycles. The molecule has 0 radical (unpaired) electrons. The van der Waals surface area contributed by atoms with E-state index in [9.17, 15) is 18.4 Å². The summed E-state index contributed by atoms with van der Waals surface area (Å²) in [7, 11) is 0. The summed E-state index contributed by atoms with van der Waals surface area (Å²) >= 11 is 1.51. The van der Waals surface area contributed by atoms with E-state index >= 15 is 0 Å². The van der Waals surface area contributed by atoms with Gasteiger partial charge in [0.25, 0.3) is 0 Å². The highest BCUT2D eigenvalue weighted by Crippen LogP contribution is 2.25. The molecule has 23 heavy (non-hydrogen) atoms. The molecule has 2 heterocycles. The number of halogens is 2. The highest BCUT2D eigenvalue weighted by molar-refractivity contribution is 7.09. The van der Waals surface area contributed by atoms with Gasteiger partial charge in [-0.2, -0.15) is 0 Å². The minimum Gasteiger partial charge on any atom is -0.326 e. The van der Waals surface area contributed by atoms with Crippen molar-refractivity contribution in [3.63, 3.8) is 0 Å². The molecule has 0 bridgehead atoms. The van der Waals surface area contributed by atoms with Gasteiger partial charge in [-0.3, -0.25) is 9.59 Å². The maximum absolute atomic E-state index is 13.6. The Hall–Kier alpha value is -2.28. The first-order valence-electron chi connectivity index (χ1n) is 7.12. The molecule has 4 nitrogen and oxygen atoms in total. The fourth-order valence-corrected chi connectivity index (χ4v) is 3.28. The zero-order chi connectivity index (χ0) is 16.4. The molecule has 3 rings (SSSR count). The van der Waals surface area contributed by atoms with Crippen molar-refractivity contribution in [2.75, 3.05) is 5.32 Å². The molecule has 1 aromatic carbocycles. The van der Waals surface area contributed by atoms with Crippen LogP contribution in [0.15, 0.2) is 35.7 Å². The van der Waals surface area contributed by atoms with Gasteiger partial charge in [0.15, 0.2) is 0 Å². The van der Waals surface area contributed by atoms with Crippen LogP contribution in [0.3, 0.4) is 0 Å². The van der Waals surface area contributed by atoms with Crippen molar-refractivity contribution < 1.29 is 18.4 Å². The molecule has 2 amide bonds. The van der Waals surface area contributed by atoms with Gasteiger partial charge in [-0.25, -0.2) is 8.78 Å². The van der Waals surface area contributed by atoms with Crippen LogP contribution in [-0.2, 0) is 16.1 Å². The van der Waals surface area contributed by atoms with Crippen molar-refractivity contribution in [2.24, 2.45) is 0 Å². The minimum absolute atomic E-state index is 0.0909. The van der Waals surface area contributed by atoms with E-state index in [1.807, 2.05) is 17.5 Å². The third-order valence-electron chi connectivity index (χ3n) is 3.73. The molecule has 0 spiro atoms. The van der Waals surface area contributed by atoms with E-state index in [-0.39, 0.29) is 18.0 Å². The quantitative estimate of drug-likeness (QED) is 0.932. The summed E-state index contributed by atoms with van der Waals surface area (Å²) in [5.74, 6) is -2.11. The number of rotatable bonds is 4. The van der Waals surface area contributed by atoms with Gasteiger partial charge in [0.2, 0.25) is 11.8 Å². The minimum atomic E-state index is -0.840. The first-order valence-corrected chi connectivity index (χ1v) is 8.00.